The van der Waals surface area contributed by atoms with Crippen LogP contribution in [0.25, 0.3) is 0 Å². The zero-order chi connectivity index (χ0) is 14.2. The van der Waals surface area contributed by atoms with Crippen LogP contribution in [-0.4, -0.2) is 35.1 Å². The number of carboxylic acids is 1. The Labute approximate surface area is 117 Å². The Balaban J connectivity index is 1.93. The second-order valence-corrected chi connectivity index (χ2v) is 7.67. The fourth-order valence-corrected chi connectivity index (χ4v) is 3.90. The van der Waals surface area contributed by atoms with Crippen LogP contribution in [0.5, 0.6) is 0 Å². The van der Waals surface area contributed by atoms with Gasteiger partial charge in [0.15, 0.2) is 0 Å². The second-order valence-electron chi connectivity index (χ2n) is 7.67. The van der Waals surface area contributed by atoms with Gasteiger partial charge in [-0.25, -0.2) is 0 Å². The van der Waals surface area contributed by atoms with Gasteiger partial charge in [-0.05, 0) is 30.1 Å². The van der Waals surface area contributed by atoms with Crippen molar-refractivity contribution >= 4 is 5.97 Å². The first-order chi connectivity index (χ1) is 8.80. The largest absolute Gasteiger partial charge is 0.481 e. The lowest BCUT2D eigenvalue weighted by molar-refractivity contribution is -0.147. The van der Waals surface area contributed by atoms with E-state index in [4.69, 9.17) is 5.11 Å². The number of hydrogen-bond donors (Lipinski definition) is 1. The molecule has 0 aromatic rings. The molecule has 2 fully saturated rings. The number of carbonyl (C=O) groups is 1. The van der Waals surface area contributed by atoms with Crippen LogP contribution in [0.2, 0.25) is 0 Å². The Morgan fingerprint density at radius 1 is 1.21 bits per heavy atom. The average Bonchev–Trinajstić information content (AvgIpc) is 2.26. The number of rotatable bonds is 3. The first-order valence-electron chi connectivity index (χ1n) is 7.77. The Morgan fingerprint density at radius 2 is 1.79 bits per heavy atom. The molecule has 110 valence electrons. The van der Waals surface area contributed by atoms with Crippen LogP contribution >= 0.6 is 0 Å². The van der Waals surface area contributed by atoms with Gasteiger partial charge in [-0.15, -0.1) is 0 Å². The van der Waals surface area contributed by atoms with Crippen LogP contribution in [0.15, 0.2) is 0 Å². The zero-order valence-corrected chi connectivity index (χ0v) is 12.9. The van der Waals surface area contributed by atoms with Crippen molar-refractivity contribution in [3.05, 3.63) is 0 Å². The third kappa shape index (κ3) is 3.13. The van der Waals surface area contributed by atoms with E-state index in [-0.39, 0.29) is 5.92 Å². The van der Waals surface area contributed by atoms with Crippen molar-refractivity contribution in [1.29, 1.82) is 0 Å². The normalized spacial score (nSPS) is 31.8. The summed E-state index contributed by atoms with van der Waals surface area (Å²) in [5.41, 5.74) is 0.370. The minimum absolute atomic E-state index is 0.187. The van der Waals surface area contributed by atoms with E-state index in [1.165, 1.54) is 25.7 Å². The smallest absolute Gasteiger partial charge is 0.306 e. The van der Waals surface area contributed by atoms with Gasteiger partial charge in [0.1, 0.15) is 0 Å². The molecule has 1 N–H and O–H groups in total. The summed E-state index contributed by atoms with van der Waals surface area (Å²) in [5.74, 6) is 0.302. The predicted octanol–water partition coefficient (Wildman–Crippen LogP) is 3.24. The molecule has 3 unspecified atom stereocenters. The molecule has 3 atom stereocenters. The van der Waals surface area contributed by atoms with Gasteiger partial charge >= 0.3 is 5.97 Å². The summed E-state index contributed by atoms with van der Waals surface area (Å²) < 4.78 is 0. The number of likely N-dealkylation sites (tertiary alicyclic amines) is 1. The quantitative estimate of drug-likeness (QED) is 0.853. The van der Waals surface area contributed by atoms with E-state index in [2.05, 4.69) is 25.7 Å². The molecule has 0 aromatic heterocycles. The molecule has 1 saturated carbocycles. The fourth-order valence-electron chi connectivity index (χ4n) is 3.90. The van der Waals surface area contributed by atoms with E-state index < -0.39 is 5.97 Å². The number of hydrogen-bond acceptors (Lipinski definition) is 2. The first kappa shape index (κ1) is 14.8. The standard InChI is InChI=1S/C16H29NO2/c1-11(15(18)19)12-9-17(10-12)14-8-6-5-7-13(14)16(2,3)4/h11-14H,5-10H2,1-4H3,(H,18,19). The molecule has 1 saturated heterocycles. The van der Waals surface area contributed by atoms with E-state index in [1.54, 1.807) is 0 Å². The number of nitrogens with zero attached hydrogens (tertiary/aromatic N) is 1. The summed E-state index contributed by atoms with van der Waals surface area (Å²) in [6.45, 7) is 10.9. The molecule has 19 heavy (non-hydrogen) atoms. The molecule has 1 heterocycles. The Kier molecular flexibility index (Phi) is 4.24. The molecule has 2 aliphatic rings. The lowest BCUT2D eigenvalue weighted by Gasteiger charge is -2.52. The van der Waals surface area contributed by atoms with Crippen molar-refractivity contribution in [1.82, 2.24) is 4.90 Å². The average molecular weight is 267 g/mol. The molecule has 1 aliphatic carbocycles. The van der Waals surface area contributed by atoms with E-state index in [9.17, 15) is 4.79 Å². The number of carboxylic acid groups (broad SMARTS) is 1. The van der Waals surface area contributed by atoms with E-state index >= 15 is 0 Å². The van der Waals surface area contributed by atoms with Crippen LogP contribution < -0.4 is 0 Å². The van der Waals surface area contributed by atoms with Crippen LogP contribution in [0.3, 0.4) is 0 Å². The summed E-state index contributed by atoms with van der Waals surface area (Å²) in [6.07, 6.45) is 5.34. The molecule has 1 aliphatic heterocycles. The molecular formula is C16H29NO2. The van der Waals surface area contributed by atoms with E-state index in [1.807, 2.05) is 6.92 Å². The predicted molar refractivity (Wildman–Crippen MR) is 77.1 cm³/mol. The summed E-state index contributed by atoms with van der Waals surface area (Å²) in [4.78, 5) is 13.6. The molecule has 0 amide bonds. The van der Waals surface area contributed by atoms with Gasteiger partial charge in [-0.3, -0.25) is 9.69 Å². The third-order valence-electron chi connectivity index (χ3n) is 5.35. The van der Waals surface area contributed by atoms with Gasteiger partial charge in [0, 0.05) is 19.1 Å². The lowest BCUT2D eigenvalue weighted by Crippen LogP contribution is -2.59. The summed E-state index contributed by atoms with van der Waals surface area (Å²) in [5, 5.41) is 9.08. The third-order valence-corrected chi connectivity index (χ3v) is 5.35. The zero-order valence-electron chi connectivity index (χ0n) is 12.9. The van der Waals surface area contributed by atoms with Gasteiger partial charge in [-0.1, -0.05) is 40.5 Å². The highest BCUT2D eigenvalue weighted by Gasteiger charge is 2.43. The van der Waals surface area contributed by atoms with Crippen LogP contribution in [0.4, 0.5) is 0 Å². The van der Waals surface area contributed by atoms with Crippen molar-refractivity contribution in [2.75, 3.05) is 13.1 Å². The van der Waals surface area contributed by atoms with E-state index in [0.717, 1.165) is 19.0 Å². The fraction of sp³-hybridized carbons (Fsp3) is 0.938. The van der Waals surface area contributed by atoms with Gasteiger partial charge in [0.2, 0.25) is 0 Å². The maximum absolute atomic E-state index is 11.0. The molecule has 0 bridgehead atoms. The minimum atomic E-state index is -0.638. The molecule has 3 nitrogen and oxygen atoms in total. The van der Waals surface area contributed by atoms with Crippen LogP contribution in [0, 0.1) is 23.2 Å². The van der Waals surface area contributed by atoms with Gasteiger partial charge in [0.05, 0.1) is 5.92 Å². The highest BCUT2D eigenvalue weighted by Crippen LogP contribution is 2.42. The van der Waals surface area contributed by atoms with Crippen molar-refractivity contribution in [2.24, 2.45) is 23.2 Å². The molecule has 2 rings (SSSR count). The van der Waals surface area contributed by atoms with Crippen molar-refractivity contribution in [3.63, 3.8) is 0 Å². The van der Waals surface area contributed by atoms with E-state index in [0.29, 0.717) is 17.4 Å². The Hall–Kier alpha value is -0.570. The first-order valence-corrected chi connectivity index (χ1v) is 7.77. The molecule has 0 spiro atoms. The van der Waals surface area contributed by atoms with Crippen molar-refractivity contribution < 1.29 is 9.90 Å². The monoisotopic (exact) mass is 267 g/mol. The summed E-state index contributed by atoms with van der Waals surface area (Å²) in [7, 11) is 0. The van der Waals surface area contributed by atoms with Gasteiger partial charge in [-0.2, -0.15) is 0 Å². The SMILES string of the molecule is CC(C(=O)O)C1CN(C2CCCCC2C(C)(C)C)C1. The maximum Gasteiger partial charge on any atom is 0.306 e. The van der Waals surface area contributed by atoms with Crippen LogP contribution in [0.1, 0.15) is 53.4 Å². The maximum atomic E-state index is 11.0. The summed E-state index contributed by atoms with van der Waals surface area (Å²) in [6, 6.07) is 0.686. The summed E-state index contributed by atoms with van der Waals surface area (Å²) >= 11 is 0. The van der Waals surface area contributed by atoms with Gasteiger partial charge < -0.3 is 5.11 Å². The molecule has 3 heteroatoms. The van der Waals surface area contributed by atoms with Crippen LogP contribution in [-0.2, 0) is 4.79 Å². The highest BCUT2D eigenvalue weighted by atomic mass is 16.4. The van der Waals surface area contributed by atoms with Crippen molar-refractivity contribution in [3.8, 4) is 0 Å². The van der Waals surface area contributed by atoms with Gasteiger partial charge in [0.25, 0.3) is 0 Å². The topological polar surface area (TPSA) is 40.5 Å². The molecule has 0 aromatic carbocycles. The Morgan fingerprint density at radius 3 is 2.32 bits per heavy atom. The second kappa shape index (κ2) is 5.43. The molecular weight excluding hydrogens is 238 g/mol. The minimum Gasteiger partial charge on any atom is -0.481 e. The lowest BCUT2D eigenvalue weighted by atomic mass is 9.68. The number of aliphatic carboxylic acids is 1. The van der Waals surface area contributed by atoms with Crippen molar-refractivity contribution in [2.45, 2.75) is 59.4 Å². The Bertz CT molecular complexity index is 328. The highest BCUT2D eigenvalue weighted by molar-refractivity contribution is 5.70. The molecule has 0 radical (unpaired) electrons.